The summed E-state index contributed by atoms with van der Waals surface area (Å²) >= 11 is 0. The van der Waals surface area contributed by atoms with E-state index in [4.69, 9.17) is 82.5 Å². The second-order valence-corrected chi connectivity index (χ2v) is 37.1. The van der Waals surface area contributed by atoms with Gasteiger partial charge in [0, 0.05) is 44.0 Å². The maximum absolute atomic E-state index is 12.4. The van der Waals surface area contributed by atoms with Gasteiger partial charge in [-0.05, 0) is 193 Å². The maximum atomic E-state index is 12.4. The van der Waals surface area contributed by atoms with Gasteiger partial charge in [0.1, 0.15) is 28.2 Å². The van der Waals surface area contributed by atoms with E-state index in [9.17, 15) is 56.2 Å². The number of rotatable bonds is 20. The first-order chi connectivity index (χ1) is 51.6. The van der Waals surface area contributed by atoms with Crippen molar-refractivity contribution in [1.29, 1.82) is 0 Å². The summed E-state index contributed by atoms with van der Waals surface area (Å²) in [6.45, 7) is 40.5. The Kier molecular flexibility index (Phi) is 35.7. The molecule has 0 spiro atoms. The summed E-state index contributed by atoms with van der Waals surface area (Å²) in [7, 11) is -2.35. The van der Waals surface area contributed by atoms with Gasteiger partial charge in [-0.15, -0.1) is 5.10 Å². The Balaban J connectivity index is 0.000000366. The number of nitrogens with zero attached hydrogens (tertiary/aromatic N) is 7. The lowest BCUT2D eigenvalue weighted by atomic mass is 10.1. The summed E-state index contributed by atoms with van der Waals surface area (Å²) in [4.78, 5) is 67.6. The van der Waals surface area contributed by atoms with Crippen molar-refractivity contribution in [3.8, 4) is 0 Å². The number of H-pyrrole nitrogens is 1. The molecule has 0 bridgehead atoms. The zero-order chi connectivity index (χ0) is 85.7. The number of esters is 4. The number of aliphatic hydroxyl groups is 1. The number of nitro groups is 2. The van der Waals surface area contributed by atoms with Crippen LogP contribution in [0.15, 0.2) is 95.1 Å². The number of hydrogen-bond acceptors (Lipinski definition) is 30. The summed E-state index contributed by atoms with van der Waals surface area (Å²) in [5.74, 6) is -4.44. The molecule has 113 heavy (non-hydrogen) atoms. The third-order valence-corrected chi connectivity index (χ3v) is 17.8. The second kappa shape index (κ2) is 41.3. The van der Waals surface area contributed by atoms with Gasteiger partial charge in [0.05, 0.1) is 140 Å². The molecule has 0 amide bonds. The topological polar surface area (TPSA) is 453 Å². The zero-order valence-electron chi connectivity index (χ0n) is 68.7. The van der Waals surface area contributed by atoms with E-state index in [0.717, 1.165) is 11.1 Å². The minimum absolute atomic E-state index is 0. The molecule has 7 heterocycles. The highest BCUT2D eigenvalue weighted by Gasteiger charge is 2.42. The van der Waals surface area contributed by atoms with Gasteiger partial charge in [0.25, 0.3) is 19.2 Å². The minimum Gasteiger partial charge on any atom is -0.460 e. The Morgan fingerprint density at radius 3 is 1.15 bits per heavy atom. The van der Waals surface area contributed by atoms with Gasteiger partial charge in [-0.3, -0.25) is 28.0 Å². The fourth-order valence-electron chi connectivity index (χ4n) is 11.5. The van der Waals surface area contributed by atoms with E-state index in [1.165, 1.54) is 53.5 Å². The molecule has 3 aromatic heterocycles. The Hall–Kier alpha value is -7.66. The first-order valence-corrected chi connectivity index (χ1v) is 40.3. The van der Waals surface area contributed by atoms with Crippen molar-refractivity contribution in [3.05, 3.63) is 117 Å². The zero-order valence-corrected chi connectivity index (χ0v) is 71.1. The first-order valence-electron chi connectivity index (χ1n) is 36.6. The van der Waals surface area contributed by atoms with Gasteiger partial charge in [-0.2, -0.15) is 18.2 Å². The van der Waals surface area contributed by atoms with E-state index in [-0.39, 0.29) is 122 Å². The number of nitrogens with two attached hydrogens (primary N) is 1. The monoisotopic (exact) mass is 1660 g/mol. The highest BCUT2D eigenvalue weighted by molar-refractivity contribution is 8.13. The molecule has 9 rings (SSSR count). The Bertz CT molecular complexity index is 4100. The van der Waals surface area contributed by atoms with E-state index in [1.807, 2.05) is 96.2 Å². The van der Waals surface area contributed by atoms with Crippen molar-refractivity contribution in [1.82, 2.24) is 29.8 Å². The van der Waals surface area contributed by atoms with Crippen LogP contribution in [0.1, 0.15) is 202 Å². The summed E-state index contributed by atoms with van der Waals surface area (Å²) in [6, 6.07) is 17.2. The molecule has 4 saturated heterocycles. The van der Waals surface area contributed by atoms with Crippen LogP contribution in [0.5, 0.6) is 0 Å². The molecule has 0 unspecified atom stereocenters. The van der Waals surface area contributed by atoms with Crippen LogP contribution in [0.25, 0.3) is 0 Å². The molecule has 2 aromatic carbocycles. The lowest BCUT2D eigenvalue weighted by Gasteiger charge is -2.40. The van der Waals surface area contributed by atoms with E-state index in [0.29, 0.717) is 44.6 Å². The third kappa shape index (κ3) is 40.0. The summed E-state index contributed by atoms with van der Waals surface area (Å²) < 4.78 is 122. The fraction of sp³-hybridized carbons (Fsp3) is 0.667. The number of aromatic amines is 1. The average Bonchev–Trinajstić information content (AvgIpc) is 1.29. The molecule has 5 aromatic rings. The molecular formula is C75H118ClN9O26S2. The van der Waals surface area contributed by atoms with Gasteiger partial charge < -0.3 is 87.9 Å². The van der Waals surface area contributed by atoms with Crippen molar-refractivity contribution in [2.24, 2.45) is 0 Å². The smallest absolute Gasteiger partial charge is 0.389 e. The SMILES string of the molecule is CC(C)(C)OC(=O)C[C@H]1C[C@@H](CO)OC(C)(C)O1.CC(C)(C)OC(=O)C[C@H]1C[C@@H](Cn2ccc(N)n2)OC(C)(C)O1.CC(C)(C)OC(=O)C[C@H]1C[C@@H](Cn2ccc([N+](=O)[O-])n2)OC(C)(C)O1.Cc1ccc(S(=O)(=O)Cl)cc1.Cc1ccc(S(=O)(=O)OC[C@@H]2C[C@H](CC(=O)OC(C)(C)C)OC(C)(C)O2)cc1.O=[N+]([O-])c1ccn[nH]1.[HH]. The molecule has 638 valence electrons. The molecular weight excluding hydrogens is 1540 g/mol. The van der Waals surface area contributed by atoms with Crippen molar-refractivity contribution in [3.63, 3.8) is 0 Å². The molecule has 8 atom stereocenters. The lowest BCUT2D eigenvalue weighted by molar-refractivity contribution is -0.389. The van der Waals surface area contributed by atoms with E-state index in [1.54, 1.807) is 97.3 Å². The van der Waals surface area contributed by atoms with Crippen LogP contribution < -0.4 is 5.73 Å². The summed E-state index contributed by atoms with van der Waals surface area (Å²) in [5.41, 5.74) is 5.48. The van der Waals surface area contributed by atoms with Crippen LogP contribution in [0.4, 0.5) is 17.5 Å². The third-order valence-electron chi connectivity index (χ3n) is 15.1. The van der Waals surface area contributed by atoms with Gasteiger partial charge >= 0.3 is 35.5 Å². The molecule has 4 N–H and O–H groups in total. The van der Waals surface area contributed by atoms with Crippen molar-refractivity contribution in [2.45, 2.75) is 321 Å². The number of halogens is 1. The van der Waals surface area contributed by atoms with Crippen LogP contribution in [-0.4, -0.2) is 193 Å². The van der Waals surface area contributed by atoms with Crippen molar-refractivity contribution in [2.75, 3.05) is 18.9 Å². The molecule has 4 fully saturated rings. The standard InChI is InChI=1S/C20H30O7S.C16H25N3O6.C16H27N3O4.C13H24O5.C7H7ClO2S.C3H3N3O2.H2/c1-14-7-9-17(10-8-14)28(22,23)24-13-16-11-15(25-20(5,6)26-16)12-18(21)27-19(2,3)4;1-15(2,3)25-14(20)9-11-8-12(24-16(4,5)23-11)10-18-7-6-13(17-18)19(21)22;1-15(2,3)23-14(20)9-11-8-12(22-16(4,5)21-11)10-19-7-6-13(17)18-19;1-12(2,3)18-11(15)7-9-6-10(8-14)17-13(4,5)16-9;1-6-2-4-7(5-3-6)11(8,9)10;7-6(8)3-1-2-4-5-3;/h7-10,15-16H,11-13H2,1-6H3;6-7,11-12H,8-10H2,1-5H3;6-7,11-12H,8-10H2,1-5H3,(H2,17,18);9-10,14H,6-8H2,1-5H3;2-5H,1H3;1-2H,(H,4,5);1H/t15-,16+;2*11-,12+;9-,10+;;;/m1111.../s1. The Morgan fingerprint density at radius 1 is 0.522 bits per heavy atom. The van der Waals surface area contributed by atoms with Crippen LogP contribution >= 0.6 is 10.7 Å². The Morgan fingerprint density at radius 2 is 0.850 bits per heavy atom. The van der Waals surface area contributed by atoms with Gasteiger partial charge in [-0.1, -0.05) is 40.5 Å². The number of ether oxygens (including phenoxy) is 12. The van der Waals surface area contributed by atoms with Gasteiger partial charge in [0.2, 0.25) is 0 Å². The number of hydrogen-bond donors (Lipinski definition) is 3. The van der Waals surface area contributed by atoms with E-state index in [2.05, 4.69) is 20.4 Å². The predicted molar refractivity (Wildman–Crippen MR) is 414 cm³/mol. The minimum atomic E-state index is -3.89. The molecule has 0 radical (unpaired) electrons. The van der Waals surface area contributed by atoms with E-state index < -0.39 is 86.8 Å². The quantitative estimate of drug-likeness (QED) is 0.0163. The number of aromatic nitrogens is 6. The van der Waals surface area contributed by atoms with Crippen LogP contribution in [0.3, 0.4) is 0 Å². The number of anilines is 1. The predicted octanol–water partition coefficient (Wildman–Crippen LogP) is 12.0. The number of nitrogens with one attached hydrogen (secondary N) is 1. The molecule has 38 heteroatoms. The van der Waals surface area contributed by atoms with Crippen LogP contribution in [-0.2, 0) is 112 Å². The summed E-state index contributed by atoms with van der Waals surface area (Å²) in [5, 5.41) is 43.3. The van der Waals surface area contributed by atoms with Gasteiger partial charge in [0.15, 0.2) is 23.1 Å². The number of carbonyl (C=O) groups is 4. The van der Waals surface area contributed by atoms with Crippen molar-refractivity contribution >= 4 is 71.2 Å². The second-order valence-electron chi connectivity index (χ2n) is 32.9. The van der Waals surface area contributed by atoms with Crippen LogP contribution in [0, 0.1) is 34.1 Å². The summed E-state index contributed by atoms with van der Waals surface area (Å²) in [6.07, 6.45) is 4.61. The number of aliphatic hydroxyl groups excluding tert-OH is 1. The molecule has 4 aliphatic heterocycles. The lowest BCUT2D eigenvalue weighted by Crippen LogP contribution is -2.47. The average molecular weight is 1660 g/mol. The number of benzene rings is 2. The maximum Gasteiger partial charge on any atom is 0.389 e. The number of carbonyl (C=O) groups excluding carboxylic acids is 4. The van der Waals surface area contributed by atoms with E-state index >= 15 is 0 Å². The largest absolute Gasteiger partial charge is 0.460 e. The van der Waals surface area contributed by atoms with Crippen molar-refractivity contribution < 1.29 is 113 Å². The van der Waals surface area contributed by atoms with Gasteiger partial charge in [-0.25, -0.2) is 8.42 Å². The molecule has 4 aliphatic rings. The highest BCUT2D eigenvalue weighted by Crippen LogP contribution is 2.34. The number of nitrogen functional groups attached to an aromatic ring is 1. The first kappa shape index (κ1) is 97.7. The Labute approximate surface area is 667 Å². The molecule has 0 aliphatic carbocycles. The molecule has 0 saturated carbocycles. The highest BCUT2D eigenvalue weighted by atomic mass is 35.7. The van der Waals surface area contributed by atoms with Crippen LogP contribution in [0.2, 0.25) is 0 Å². The number of aryl methyl sites for hydroxylation is 2. The molecule has 35 nitrogen and oxygen atoms in total. The normalized spacial score (nSPS) is 21.9. The fourth-order valence-corrected chi connectivity index (χ4v) is 13.2.